The van der Waals surface area contributed by atoms with Gasteiger partial charge in [0.2, 0.25) is 0 Å². The van der Waals surface area contributed by atoms with Crippen LogP contribution >= 0.6 is 0 Å². The van der Waals surface area contributed by atoms with Crippen LogP contribution in [0.2, 0.25) is 0 Å². The van der Waals surface area contributed by atoms with Crippen molar-refractivity contribution in [2.24, 2.45) is 0 Å². The maximum absolute atomic E-state index is 11.0. The van der Waals surface area contributed by atoms with Gasteiger partial charge in [-0.15, -0.1) is 0 Å². The second-order valence-electron chi connectivity index (χ2n) is 10.6. The standard InChI is InChI=1S/C35H22N6O4/c42-32-3-1-20(10-26(32)24-12-22(30-18-36-5-7-38-30)14-34-28(24)16-40-44-34)9-21-2-4-33(43)27(11-21)25-13-23(31-19-37-6-8-39-31)15-35-29(25)17-41-45-35/h1-8,10-19,42-43H,9H2. The summed E-state index contributed by atoms with van der Waals surface area (Å²) >= 11 is 0. The van der Waals surface area contributed by atoms with Crippen molar-refractivity contribution in [2.45, 2.75) is 6.42 Å². The van der Waals surface area contributed by atoms with Crippen molar-refractivity contribution < 1.29 is 19.3 Å². The number of hydrogen-bond donors (Lipinski definition) is 2. The summed E-state index contributed by atoms with van der Waals surface area (Å²) in [6.45, 7) is 0. The Morgan fingerprint density at radius 1 is 0.511 bits per heavy atom. The first-order valence-corrected chi connectivity index (χ1v) is 14.0. The monoisotopic (exact) mass is 590 g/mol. The van der Waals surface area contributed by atoms with Crippen molar-refractivity contribution in [1.82, 2.24) is 30.2 Å². The molecule has 10 nitrogen and oxygen atoms in total. The van der Waals surface area contributed by atoms with E-state index in [9.17, 15) is 10.2 Å². The van der Waals surface area contributed by atoms with Gasteiger partial charge < -0.3 is 19.3 Å². The summed E-state index contributed by atoms with van der Waals surface area (Å²) in [5.74, 6) is 0.249. The highest BCUT2D eigenvalue weighted by atomic mass is 16.5. The predicted molar refractivity (Wildman–Crippen MR) is 167 cm³/mol. The second-order valence-corrected chi connectivity index (χ2v) is 10.6. The smallest absolute Gasteiger partial charge is 0.168 e. The van der Waals surface area contributed by atoms with Crippen LogP contribution < -0.4 is 0 Å². The Morgan fingerprint density at radius 3 is 1.44 bits per heavy atom. The maximum atomic E-state index is 11.0. The molecule has 216 valence electrons. The summed E-state index contributed by atoms with van der Waals surface area (Å²) < 4.78 is 11.0. The molecular formula is C35H22N6O4. The third-order valence-corrected chi connectivity index (χ3v) is 7.78. The number of aromatic nitrogens is 6. The molecule has 0 radical (unpaired) electrons. The minimum atomic E-state index is 0.125. The van der Waals surface area contributed by atoms with E-state index in [0.717, 1.165) is 44.2 Å². The predicted octanol–water partition coefficient (Wildman–Crippen LogP) is 7.22. The first-order valence-electron chi connectivity index (χ1n) is 14.0. The molecule has 10 heteroatoms. The number of phenolic OH excluding ortho intramolecular Hbond substituents is 2. The Morgan fingerprint density at radius 2 is 1.00 bits per heavy atom. The fourth-order valence-corrected chi connectivity index (χ4v) is 5.63. The van der Waals surface area contributed by atoms with Crippen LogP contribution in [0.3, 0.4) is 0 Å². The molecule has 4 heterocycles. The van der Waals surface area contributed by atoms with Gasteiger partial charge >= 0.3 is 0 Å². The van der Waals surface area contributed by atoms with Crippen LogP contribution in [0.25, 0.3) is 66.7 Å². The number of rotatable bonds is 6. The zero-order chi connectivity index (χ0) is 30.3. The average Bonchev–Trinajstić information content (AvgIpc) is 3.77. The van der Waals surface area contributed by atoms with Crippen LogP contribution in [0.5, 0.6) is 11.5 Å². The fourth-order valence-electron chi connectivity index (χ4n) is 5.63. The van der Waals surface area contributed by atoms with Gasteiger partial charge in [0.15, 0.2) is 11.2 Å². The lowest BCUT2D eigenvalue weighted by Crippen LogP contribution is -1.93. The summed E-state index contributed by atoms with van der Waals surface area (Å²) in [7, 11) is 0. The Bertz CT molecular complexity index is 2170. The SMILES string of the molecule is Oc1ccc(Cc2ccc(O)c(-c3cc(-c4cnccn4)cc4oncc34)c2)cc1-c1cc(-c2cnccn2)cc2oncc12. The molecule has 0 atom stereocenters. The molecule has 0 saturated heterocycles. The average molecular weight is 591 g/mol. The molecule has 0 saturated carbocycles. The lowest BCUT2D eigenvalue weighted by Gasteiger charge is -2.13. The number of nitrogens with zero attached hydrogens (tertiary/aromatic N) is 6. The molecule has 0 aliphatic rings. The van der Waals surface area contributed by atoms with Gasteiger partial charge in [0.1, 0.15) is 11.5 Å². The Balaban J connectivity index is 1.19. The molecule has 0 fully saturated rings. The molecule has 2 N–H and O–H groups in total. The van der Waals surface area contributed by atoms with Crippen molar-refractivity contribution in [3.8, 4) is 56.3 Å². The van der Waals surface area contributed by atoms with E-state index in [1.54, 1.807) is 61.7 Å². The second kappa shape index (κ2) is 10.7. The summed E-state index contributed by atoms with van der Waals surface area (Å²) in [6.07, 6.45) is 13.7. The van der Waals surface area contributed by atoms with Gasteiger partial charge in [0.05, 0.1) is 36.2 Å². The van der Waals surface area contributed by atoms with E-state index in [1.807, 2.05) is 48.5 Å². The van der Waals surface area contributed by atoms with Crippen LogP contribution in [0.4, 0.5) is 0 Å². The van der Waals surface area contributed by atoms with Crippen LogP contribution in [0, 0.1) is 0 Å². The number of benzene rings is 4. The van der Waals surface area contributed by atoms with Crippen molar-refractivity contribution in [3.05, 3.63) is 121 Å². The minimum Gasteiger partial charge on any atom is -0.507 e. The normalized spacial score (nSPS) is 11.4. The number of fused-ring (bicyclic) bond motifs is 2. The van der Waals surface area contributed by atoms with Crippen LogP contribution in [0.1, 0.15) is 11.1 Å². The van der Waals surface area contributed by atoms with Crippen LogP contribution in [0.15, 0.2) is 119 Å². The van der Waals surface area contributed by atoms with E-state index in [2.05, 4.69) is 30.2 Å². The third-order valence-electron chi connectivity index (χ3n) is 7.78. The molecule has 8 aromatic rings. The van der Waals surface area contributed by atoms with Crippen molar-refractivity contribution in [2.75, 3.05) is 0 Å². The number of phenols is 2. The largest absolute Gasteiger partial charge is 0.507 e. The summed E-state index contributed by atoms with van der Waals surface area (Å²) in [5.41, 5.74) is 8.78. The van der Waals surface area contributed by atoms with Gasteiger partial charge in [-0.1, -0.05) is 22.4 Å². The molecule has 0 aliphatic heterocycles. The lowest BCUT2D eigenvalue weighted by atomic mass is 9.92. The van der Waals surface area contributed by atoms with E-state index >= 15 is 0 Å². The van der Waals surface area contributed by atoms with Gasteiger partial charge in [0, 0.05) is 57.8 Å². The van der Waals surface area contributed by atoms with Crippen molar-refractivity contribution >= 4 is 21.9 Å². The highest BCUT2D eigenvalue weighted by molar-refractivity contribution is 5.99. The zero-order valence-corrected chi connectivity index (χ0v) is 23.5. The van der Waals surface area contributed by atoms with Gasteiger partial charge in [-0.25, -0.2) is 0 Å². The maximum Gasteiger partial charge on any atom is 0.168 e. The number of aromatic hydroxyl groups is 2. The first kappa shape index (κ1) is 26.2. The molecule has 0 bridgehead atoms. The molecular weight excluding hydrogens is 568 g/mol. The van der Waals surface area contributed by atoms with E-state index in [4.69, 9.17) is 9.05 Å². The summed E-state index contributed by atoms with van der Waals surface area (Å²) in [6, 6.07) is 18.7. The van der Waals surface area contributed by atoms with Gasteiger partial charge in [0.25, 0.3) is 0 Å². The molecule has 0 spiro atoms. The Hall–Kier alpha value is -6.42. The summed E-state index contributed by atoms with van der Waals surface area (Å²) in [4.78, 5) is 17.2. The molecule has 0 aliphatic carbocycles. The van der Waals surface area contributed by atoms with Gasteiger partial charge in [-0.2, -0.15) is 0 Å². The molecule has 4 aromatic heterocycles. The molecule has 4 aromatic carbocycles. The van der Waals surface area contributed by atoms with E-state index in [-0.39, 0.29) is 11.5 Å². The zero-order valence-electron chi connectivity index (χ0n) is 23.5. The van der Waals surface area contributed by atoms with Crippen LogP contribution in [-0.4, -0.2) is 40.5 Å². The lowest BCUT2D eigenvalue weighted by molar-refractivity contribution is 0.456. The van der Waals surface area contributed by atoms with Gasteiger partial charge in [-0.3, -0.25) is 19.9 Å². The number of hydrogen-bond acceptors (Lipinski definition) is 10. The molecule has 0 unspecified atom stereocenters. The van der Waals surface area contributed by atoms with Crippen molar-refractivity contribution in [3.63, 3.8) is 0 Å². The highest BCUT2D eigenvalue weighted by Gasteiger charge is 2.18. The third kappa shape index (κ3) is 4.80. The topological polar surface area (TPSA) is 144 Å². The Labute approximate surface area is 255 Å². The van der Waals surface area contributed by atoms with Gasteiger partial charge in [-0.05, 0) is 77.2 Å². The fraction of sp³-hybridized carbons (Fsp3) is 0.0286. The summed E-state index contributed by atoms with van der Waals surface area (Å²) in [5, 5.41) is 31.5. The molecule has 45 heavy (non-hydrogen) atoms. The quantitative estimate of drug-likeness (QED) is 0.204. The van der Waals surface area contributed by atoms with Crippen LogP contribution in [-0.2, 0) is 6.42 Å². The van der Waals surface area contributed by atoms with Crippen molar-refractivity contribution in [1.29, 1.82) is 0 Å². The van der Waals surface area contributed by atoms with E-state index in [0.29, 0.717) is 40.1 Å². The Kier molecular flexibility index (Phi) is 6.23. The minimum absolute atomic E-state index is 0.125. The highest BCUT2D eigenvalue weighted by Crippen LogP contribution is 2.40. The molecule has 8 rings (SSSR count). The van der Waals surface area contributed by atoms with E-state index in [1.165, 1.54) is 0 Å². The first-order chi connectivity index (χ1) is 22.1. The van der Waals surface area contributed by atoms with E-state index < -0.39 is 0 Å². The molecule has 0 amide bonds.